The lowest BCUT2D eigenvalue weighted by Crippen LogP contribution is -1.99. The number of aryl methyl sites for hydroxylation is 1. The van der Waals surface area contributed by atoms with Crippen LogP contribution in [0.3, 0.4) is 0 Å². The number of alkyl halides is 2. The van der Waals surface area contributed by atoms with Crippen molar-refractivity contribution in [3.8, 4) is 16.9 Å². The minimum Gasteiger partial charge on any atom is -0.228 e. The van der Waals surface area contributed by atoms with Crippen LogP contribution in [0.5, 0.6) is 0 Å². The highest BCUT2D eigenvalue weighted by Crippen LogP contribution is 2.45. The van der Waals surface area contributed by atoms with Gasteiger partial charge in [0.1, 0.15) is 0 Å². The monoisotopic (exact) mass is 389 g/mol. The highest BCUT2D eigenvalue weighted by molar-refractivity contribution is 5.87. The average Bonchev–Trinajstić information content (AvgIpc) is 3.54. The molecule has 0 amide bonds. The van der Waals surface area contributed by atoms with Crippen LogP contribution in [0.4, 0.5) is 8.78 Å². The fraction of sp³-hybridized carbons (Fsp3) is 0.250. The zero-order chi connectivity index (χ0) is 20.0. The Balaban J connectivity index is 1.78. The van der Waals surface area contributed by atoms with Crippen LogP contribution in [-0.2, 0) is 6.42 Å². The number of rotatable bonds is 5. The number of hydrogen-bond donors (Lipinski definition) is 0. The van der Waals surface area contributed by atoms with Crippen LogP contribution in [-0.4, -0.2) is 14.8 Å². The Labute approximate surface area is 168 Å². The molecule has 1 saturated carbocycles. The maximum Gasteiger partial charge on any atom is 0.264 e. The molecule has 5 rings (SSSR count). The van der Waals surface area contributed by atoms with Gasteiger partial charge < -0.3 is 0 Å². The molecule has 0 unspecified atom stereocenters. The van der Waals surface area contributed by atoms with Crippen LogP contribution in [0, 0.1) is 0 Å². The Hall–Kier alpha value is -3.08. The van der Waals surface area contributed by atoms with Crippen molar-refractivity contribution >= 4 is 11.0 Å². The summed E-state index contributed by atoms with van der Waals surface area (Å²) in [4.78, 5) is 4.82. The quantitative estimate of drug-likeness (QED) is 0.392. The molecule has 5 heteroatoms. The average molecular weight is 389 g/mol. The summed E-state index contributed by atoms with van der Waals surface area (Å²) in [5.74, 6) is 0.247. The number of hydrogen-bond acceptors (Lipinski definition) is 2. The van der Waals surface area contributed by atoms with Crippen molar-refractivity contribution in [1.82, 2.24) is 14.8 Å². The van der Waals surface area contributed by atoms with E-state index in [0.717, 1.165) is 36.2 Å². The third-order valence-corrected chi connectivity index (χ3v) is 5.55. The third kappa shape index (κ3) is 3.20. The Morgan fingerprint density at radius 3 is 2.38 bits per heavy atom. The standard InChI is InChI=1S/C24H21F2N3/c1-2-15-8-10-16(11-9-15)20-14-19(23(25)26)21-22(17-12-13-17)28-29(24(21)27-20)18-6-4-3-5-7-18/h3-11,14,17,23H,2,12-13H2,1H3. The number of aromatic nitrogens is 3. The predicted molar refractivity (Wildman–Crippen MR) is 111 cm³/mol. The summed E-state index contributed by atoms with van der Waals surface area (Å²) < 4.78 is 30.0. The van der Waals surface area contributed by atoms with E-state index in [1.807, 2.05) is 54.6 Å². The van der Waals surface area contributed by atoms with Gasteiger partial charge in [-0.2, -0.15) is 5.10 Å². The van der Waals surface area contributed by atoms with E-state index in [4.69, 9.17) is 10.1 Å². The zero-order valence-corrected chi connectivity index (χ0v) is 16.1. The molecule has 0 N–H and O–H groups in total. The molecule has 0 spiro atoms. The number of fused-ring (bicyclic) bond motifs is 1. The number of pyridine rings is 1. The maximum absolute atomic E-state index is 14.1. The minimum absolute atomic E-state index is 0.0219. The molecule has 0 atom stereocenters. The molecule has 0 bridgehead atoms. The summed E-state index contributed by atoms with van der Waals surface area (Å²) in [6.07, 6.45) is 0.328. The van der Waals surface area contributed by atoms with Crippen LogP contribution in [0.1, 0.15) is 48.9 Å². The van der Waals surface area contributed by atoms with E-state index in [-0.39, 0.29) is 11.5 Å². The van der Waals surface area contributed by atoms with Gasteiger partial charge in [-0.15, -0.1) is 0 Å². The Kier molecular flexibility index (Phi) is 4.38. The zero-order valence-electron chi connectivity index (χ0n) is 16.1. The van der Waals surface area contributed by atoms with Gasteiger partial charge in [-0.1, -0.05) is 49.4 Å². The molecule has 0 aliphatic heterocycles. The number of para-hydroxylation sites is 1. The Morgan fingerprint density at radius 1 is 1.03 bits per heavy atom. The van der Waals surface area contributed by atoms with E-state index in [9.17, 15) is 8.78 Å². The molecule has 29 heavy (non-hydrogen) atoms. The third-order valence-electron chi connectivity index (χ3n) is 5.55. The van der Waals surface area contributed by atoms with Gasteiger partial charge in [0.25, 0.3) is 6.43 Å². The van der Waals surface area contributed by atoms with Gasteiger partial charge in [-0.05, 0) is 43.0 Å². The van der Waals surface area contributed by atoms with Gasteiger partial charge in [0, 0.05) is 17.0 Å². The lowest BCUT2D eigenvalue weighted by Gasteiger charge is -2.09. The molecule has 0 saturated heterocycles. The normalized spacial score (nSPS) is 14.1. The van der Waals surface area contributed by atoms with Crippen molar-refractivity contribution in [2.24, 2.45) is 0 Å². The topological polar surface area (TPSA) is 30.7 Å². The number of benzene rings is 2. The maximum atomic E-state index is 14.1. The van der Waals surface area contributed by atoms with E-state index in [1.165, 1.54) is 11.6 Å². The van der Waals surface area contributed by atoms with E-state index >= 15 is 0 Å². The van der Waals surface area contributed by atoms with Gasteiger partial charge in [0.2, 0.25) is 0 Å². The second-order valence-corrected chi connectivity index (χ2v) is 7.55. The summed E-state index contributed by atoms with van der Waals surface area (Å²) in [5.41, 5.74) is 4.69. The first-order valence-electron chi connectivity index (χ1n) is 10.0. The second-order valence-electron chi connectivity index (χ2n) is 7.55. The molecule has 0 radical (unpaired) electrons. The van der Waals surface area contributed by atoms with Gasteiger partial charge in [-0.3, -0.25) is 0 Å². The van der Waals surface area contributed by atoms with Gasteiger partial charge in [-0.25, -0.2) is 18.4 Å². The fourth-order valence-electron chi connectivity index (χ4n) is 3.79. The van der Waals surface area contributed by atoms with Crippen LogP contribution in [0.25, 0.3) is 28.0 Å². The summed E-state index contributed by atoms with van der Waals surface area (Å²) in [7, 11) is 0. The van der Waals surface area contributed by atoms with Crippen molar-refractivity contribution < 1.29 is 8.78 Å². The van der Waals surface area contributed by atoms with Gasteiger partial charge in [0.15, 0.2) is 5.65 Å². The van der Waals surface area contributed by atoms with E-state index in [0.29, 0.717) is 16.7 Å². The summed E-state index contributed by atoms with van der Waals surface area (Å²) >= 11 is 0. The highest BCUT2D eigenvalue weighted by atomic mass is 19.3. The van der Waals surface area contributed by atoms with Crippen molar-refractivity contribution in [3.05, 3.63) is 77.5 Å². The van der Waals surface area contributed by atoms with Crippen LogP contribution in [0.15, 0.2) is 60.7 Å². The van der Waals surface area contributed by atoms with Crippen molar-refractivity contribution in [3.63, 3.8) is 0 Å². The first kappa shape index (κ1) is 18.0. The molecule has 2 aromatic carbocycles. The molecule has 2 heterocycles. The molecule has 146 valence electrons. The lowest BCUT2D eigenvalue weighted by molar-refractivity contribution is 0.153. The van der Waals surface area contributed by atoms with Crippen LogP contribution >= 0.6 is 0 Å². The van der Waals surface area contributed by atoms with Crippen molar-refractivity contribution in [2.75, 3.05) is 0 Å². The van der Waals surface area contributed by atoms with Crippen molar-refractivity contribution in [2.45, 2.75) is 38.5 Å². The fourth-order valence-corrected chi connectivity index (χ4v) is 3.79. The molecule has 4 aromatic rings. The van der Waals surface area contributed by atoms with Gasteiger partial charge in [0.05, 0.1) is 22.5 Å². The Morgan fingerprint density at radius 2 is 1.76 bits per heavy atom. The molecule has 3 nitrogen and oxygen atoms in total. The van der Waals surface area contributed by atoms with Gasteiger partial charge >= 0.3 is 0 Å². The summed E-state index contributed by atoms with van der Waals surface area (Å²) in [6, 6.07) is 19.1. The molecule has 1 aliphatic carbocycles. The SMILES string of the molecule is CCc1ccc(-c2cc(C(F)F)c3c(C4CC4)nn(-c4ccccc4)c3n2)cc1. The summed E-state index contributed by atoms with van der Waals surface area (Å²) in [5, 5.41) is 5.26. The lowest BCUT2D eigenvalue weighted by atomic mass is 10.0. The smallest absolute Gasteiger partial charge is 0.228 e. The van der Waals surface area contributed by atoms with Crippen molar-refractivity contribution in [1.29, 1.82) is 0 Å². The van der Waals surface area contributed by atoms with E-state index in [1.54, 1.807) is 4.68 Å². The largest absolute Gasteiger partial charge is 0.264 e. The number of nitrogens with zero attached hydrogens (tertiary/aromatic N) is 3. The van der Waals surface area contributed by atoms with E-state index in [2.05, 4.69) is 6.92 Å². The molecular weight excluding hydrogens is 368 g/mol. The number of halogens is 2. The predicted octanol–water partition coefficient (Wildman–Crippen LogP) is 6.46. The van der Waals surface area contributed by atoms with Crippen LogP contribution < -0.4 is 0 Å². The highest BCUT2D eigenvalue weighted by Gasteiger charge is 2.32. The molecule has 2 aromatic heterocycles. The Bertz CT molecular complexity index is 1160. The second kappa shape index (κ2) is 7.07. The first-order valence-corrected chi connectivity index (χ1v) is 10.0. The molecule has 1 fully saturated rings. The first-order chi connectivity index (χ1) is 14.2. The van der Waals surface area contributed by atoms with Crippen LogP contribution in [0.2, 0.25) is 0 Å². The summed E-state index contributed by atoms with van der Waals surface area (Å²) in [6.45, 7) is 2.09. The minimum atomic E-state index is -2.58. The molecule has 1 aliphatic rings. The molecular formula is C24H21F2N3. The van der Waals surface area contributed by atoms with E-state index < -0.39 is 6.43 Å².